The lowest BCUT2D eigenvalue weighted by atomic mass is 10.2. The molecule has 0 atom stereocenters. The standard InChI is InChI=1S/C19H18F2N2O4/c1-12(24)23(15-6-3-13(4-7-15)19(26)27-2)10-9-18(25)22-17-8-5-14(20)11-16(17)21/h3-8,11H,9-10H2,1-2H3,(H,22,25). The van der Waals surface area contributed by atoms with Crippen LogP contribution in [-0.4, -0.2) is 31.4 Å². The van der Waals surface area contributed by atoms with Gasteiger partial charge >= 0.3 is 5.97 Å². The van der Waals surface area contributed by atoms with Crippen molar-refractivity contribution >= 4 is 29.2 Å². The van der Waals surface area contributed by atoms with E-state index in [9.17, 15) is 23.2 Å². The molecule has 0 bridgehead atoms. The van der Waals surface area contributed by atoms with Crippen LogP contribution in [0.2, 0.25) is 0 Å². The van der Waals surface area contributed by atoms with Crippen molar-refractivity contribution in [1.82, 2.24) is 0 Å². The number of benzene rings is 2. The molecule has 0 spiro atoms. The molecule has 0 aliphatic carbocycles. The minimum Gasteiger partial charge on any atom is -0.465 e. The van der Waals surface area contributed by atoms with E-state index in [1.165, 1.54) is 31.1 Å². The molecule has 8 heteroatoms. The summed E-state index contributed by atoms with van der Waals surface area (Å²) in [6.45, 7) is 1.38. The quantitative estimate of drug-likeness (QED) is 0.786. The third-order valence-electron chi connectivity index (χ3n) is 3.75. The van der Waals surface area contributed by atoms with Crippen molar-refractivity contribution in [2.75, 3.05) is 23.9 Å². The number of amides is 2. The Morgan fingerprint density at radius 3 is 2.30 bits per heavy atom. The molecule has 2 rings (SSSR count). The number of anilines is 2. The van der Waals surface area contributed by atoms with Crippen LogP contribution >= 0.6 is 0 Å². The minimum atomic E-state index is -0.884. The molecule has 0 saturated carbocycles. The van der Waals surface area contributed by atoms with Crippen LogP contribution in [-0.2, 0) is 14.3 Å². The van der Waals surface area contributed by atoms with Crippen LogP contribution in [0.25, 0.3) is 0 Å². The van der Waals surface area contributed by atoms with E-state index >= 15 is 0 Å². The van der Waals surface area contributed by atoms with Gasteiger partial charge in [0, 0.05) is 31.6 Å². The van der Waals surface area contributed by atoms with Crippen molar-refractivity contribution in [2.45, 2.75) is 13.3 Å². The lowest BCUT2D eigenvalue weighted by molar-refractivity contribution is -0.117. The van der Waals surface area contributed by atoms with Crippen molar-refractivity contribution in [1.29, 1.82) is 0 Å². The average molecular weight is 376 g/mol. The van der Waals surface area contributed by atoms with E-state index in [1.54, 1.807) is 12.1 Å². The number of nitrogens with zero attached hydrogens (tertiary/aromatic N) is 1. The number of esters is 1. The summed E-state index contributed by atoms with van der Waals surface area (Å²) in [6, 6.07) is 8.95. The van der Waals surface area contributed by atoms with Gasteiger partial charge < -0.3 is 15.0 Å². The number of halogens is 2. The van der Waals surface area contributed by atoms with Crippen molar-refractivity contribution in [3.8, 4) is 0 Å². The highest BCUT2D eigenvalue weighted by Gasteiger charge is 2.15. The predicted octanol–water partition coefficient (Wildman–Crippen LogP) is 3.13. The molecule has 0 heterocycles. The fourth-order valence-corrected chi connectivity index (χ4v) is 2.38. The molecule has 1 N–H and O–H groups in total. The molecule has 0 fully saturated rings. The number of hydrogen-bond donors (Lipinski definition) is 1. The van der Waals surface area contributed by atoms with Crippen LogP contribution in [0.15, 0.2) is 42.5 Å². The lowest BCUT2D eigenvalue weighted by Gasteiger charge is -2.21. The molecule has 2 aromatic rings. The fourth-order valence-electron chi connectivity index (χ4n) is 2.38. The zero-order valence-corrected chi connectivity index (χ0v) is 14.8. The van der Waals surface area contributed by atoms with Gasteiger partial charge in [-0.2, -0.15) is 0 Å². The van der Waals surface area contributed by atoms with E-state index in [0.29, 0.717) is 17.3 Å². The molecule has 6 nitrogen and oxygen atoms in total. The third-order valence-corrected chi connectivity index (χ3v) is 3.75. The summed E-state index contributed by atoms with van der Waals surface area (Å²) in [5.74, 6) is -2.97. The number of carbonyl (C=O) groups excluding carboxylic acids is 3. The van der Waals surface area contributed by atoms with Crippen LogP contribution < -0.4 is 10.2 Å². The second-order valence-corrected chi connectivity index (χ2v) is 5.63. The average Bonchev–Trinajstić information content (AvgIpc) is 2.64. The van der Waals surface area contributed by atoms with Gasteiger partial charge in [-0.3, -0.25) is 9.59 Å². The highest BCUT2D eigenvalue weighted by Crippen LogP contribution is 2.18. The second kappa shape index (κ2) is 8.88. The Kier molecular flexibility index (Phi) is 6.59. The summed E-state index contributed by atoms with van der Waals surface area (Å²) in [5, 5.41) is 2.34. The number of carbonyl (C=O) groups is 3. The van der Waals surface area contributed by atoms with Gasteiger partial charge in [-0.05, 0) is 36.4 Å². The summed E-state index contributed by atoms with van der Waals surface area (Å²) < 4.78 is 31.1. The molecule has 0 aromatic heterocycles. The number of ether oxygens (including phenoxy) is 1. The molecule has 0 saturated heterocycles. The maximum Gasteiger partial charge on any atom is 0.337 e. The first-order valence-electron chi connectivity index (χ1n) is 8.03. The number of rotatable bonds is 6. The van der Waals surface area contributed by atoms with E-state index in [1.807, 2.05) is 0 Å². The largest absolute Gasteiger partial charge is 0.465 e. The zero-order chi connectivity index (χ0) is 20.0. The van der Waals surface area contributed by atoms with E-state index in [2.05, 4.69) is 10.1 Å². The molecule has 0 aliphatic rings. The smallest absolute Gasteiger partial charge is 0.337 e. The van der Waals surface area contributed by atoms with Crippen molar-refractivity contribution in [3.63, 3.8) is 0 Å². The van der Waals surface area contributed by atoms with Crippen LogP contribution in [0.3, 0.4) is 0 Å². The molecule has 27 heavy (non-hydrogen) atoms. The van der Waals surface area contributed by atoms with Crippen LogP contribution in [0.5, 0.6) is 0 Å². The monoisotopic (exact) mass is 376 g/mol. The van der Waals surface area contributed by atoms with Gasteiger partial charge in [0.2, 0.25) is 11.8 Å². The van der Waals surface area contributed by atoms with Gasteiger partial charge in [-0.25, -0.2) is 13.6 Å². The third kappa shape index (κ3) is 5.34. The van der Waals surface area contributed by atoms with E-state index < -0.39 is 23.5 Å². The molecule has 2 amide bonds. The SMILES string of the molecule is COC(=O)c1ccc(N(CCC(=O)Nc2ccc(F)cc2F)C(C)=O)cc1. The maximum absolute atomic E-state index is 13.6. The fraction of sp³-hybridized carbons (Fsp3) is 0.211. The minimum absolute atomic E-state index is 0.0432. The van der Waals surface area contributed by atoms with Crippen LogP contribution in [0, 0.1) is 11.6 Å². The lowest BCUT2D eigenvalue weighted by Crippen LogP contribution is -2.32. The molecule has 0 aliphatic heterocycles. The first kappa shape index (κ1) is 20.0. The molecular weight excluding hydrogens is 358 g/mol. The Labute approximate surface area is 154 Å². The van der Waals surface area contributed by atoms with Gasteiger partial charge in [0.05, 0.1) is 18.4 Å². The summed E-state index contributed by atoms with van der Waals surface area (Å²) >= 11 is 0. The number of methoxy groups -OCH3 is 1. The highest BCUT2D eigenvalue weighted by atomic mass is 19.1. The number of hydrogen-bond acceptors (Lipinski definition) is 4. The Morgan fingerprint density at radius 2 is 1.74 bits per heavy atom. The van der Waals surface area contributed by atoms with Gasteiger partial charge in [-0.1, -0.05) is 0 Å². The molecule has 142 valence electrons. The van der Waals surface area contributed by atoms with Crippen LogP contribution in [0.1, 0.15) is 23.7 Å². The summed E-state index contributed by atoms with van der Waals surface area (Å²) in [7, 11) is 1.26. The van der Waals surface area contributed by atoms with Gasteiger partial charge in [0.25, 0.3) is 0 Å². The van der Waals surface area contributed by atoms with Crippen LogP contribution in [0.4, 0.5) is 20.2 Å². The first-order chi connectivity index (χ1) is 12.8. The molecule has 2 aromatic carbocycles. The van der Waals surface area contributed by atoms with Crippen molar-refractivity contribution in [2.24, 2.45) is 0 Å². The van der Waals surface area contributed by atoms with Crippen molar-refractivity contribution in [3.05, 3.63) is 59.7 Å². The Bertz CT molecular complexity index is 853. The van der Waals surface area contributed by atoms with Crippen molar-refractivity contribution < 1.29 is 27.9 Å². The van der Waals surface area contributed by atoms with E-state index in [0.717, 1.165) is 12.1 Å². The molecular formula is C19H18F2N2O4. The van der Waals surface area contributed by atoms with E-state index in [-0.39, 0.29) is 24.6 Å². The normalized spacial score (nSPS) is 10.2. The molecule has 0 unspecified atom stereocenters. The summed E-state index contributed by atoms with van der Waals surface area (Å²) in [6.07, 6.45) is -0.102. The predicted molar refractivity (Wildman–Crippen MR) is 95.4 cm³/mol. The number of nitrogens with one attached hydrogen (secondary N) is 1. The topological polar surface area (TPSA) is 75.7 Å². The summed E-state index contributed by atoms with van der Waals surface area (Å²) in [4.78, 5) is 36.7. The Hall–Kier alpha value is -3.29. The second-order valence-electron chi connectivity index (χ2n) is 5.63. The highest BCUT2D eigenvalue weighted by molar-refractivity contribution is 5.95. The zero-order valence-electron chi connectivity index (χ0n) is 14.8. The van der Waals surface area contributed by atoms with E-state index in [4.69, 9.17) is 0 Å². The Morgan fingerprint density at radius 1 is 1.07 bits per heavy atom. The Balaban J connectivity index is 2.02. The van der Waals surface area contributed by atoms with Gasteiger partial charge in [0.1, 0.15) is 11.6 Å². The van der Waals surface area contributed by atoms with Gasteiger partial charge in [-0.15, -0.1) is 0 Å². The van der Waals surface area contributed by atoms with Gasteiger partial charge in [0.15, 0.2) is 0 Å². The summed E-state index contributed by atoms with van der Waals surface area (Å²) in [5.41, 5.74) is 0.684. The molecule has 0 radical (unpaired) electrons. The maximum atomic E-state index is 13.6. The first-order valence-corrected chi connectivity index (χ1v) is 8.03.